The summed E-state index contributed by atoms with van der Waals surface area (Å²) in [5.74, 6) is 0.597. The Morgan fingerprint density at radius 2 is 1.84 bits per heavy atom. The molecule has 1 N–H and O–H groups in total. The molecule has 2 rings (SSSR count). The number of rotatable bonds is 4. The van der Waals surface area contributed by atoms with Crippen LogP contribution in [0.3, 0.4) is 0 Å². The van der Waals surface area contributed by atoms with E-state index >= 15 is 0 Å². The zero-order chi connectivity index (χ0) is 13.7. The highest BCUT2D eigenvalue weighted by Gasteiger charge is 2.20. The van der Waals surface area contributed by atoms with E-state index in [1.165, 1.54) is 12.1 Å². The first kappa shape index (κ1) is 13.2. The second-order valence-electron chi connectivity index (χ2n) is 4.30. The quantitative estimate of drug-likeness (QED) is 0.781. The van der Waals surface area contributed by atoms with Gasteiger partial charge in [0.1, 0.15) is 11.5 Å². The Labute approximate surface area is 111 Å². The number of hydrogen-bond acceptors (Lipinski definition) is 4. The maximum Gasteiger partial charge on any atom is 0.260 e. The van der Waals surface area contributed by atoms with Gasteiger partial charge < -0.3 is 19.6 Å². The van der Waals surface area contributed by atoms with Crippen LogP contribution in [0, 0.1) is 0 Å². The second kappa shape index (κ2) is 6.08. The molecule has 19 heavy (non-hydrogen) atoms. The first-order chi connectivity index (χ1) is 9.19. The first-order valence-electron chi connectivity index (χ1n) is 6.08. The molecule has 0 bridgehead atoms. The summed E-state index contributed by atoms with van der Waals surface area (Å²) >= 11 is 0. The lowest BCUT2D eigenvalue weighted by Crippen LogP contribution is -2.49. The minimum absolute atomic E-state index is 0.0358. The van der Waals surface area contributed by atoms with Gasteiger partial charge in [-0.25, -0.2) is 0 Å². The van der Waals surface area contributed by atoms with E-state index in [1.54, 1.807) is 21.9 Å². The van der Waals surface area contributed by atoms with E-state index in [9.17, 15) is 9.59 Å². The third-order valence-electron chi connectivity index (χ3n) is 3.02. The third-order valence-corrected chi connectivity index (χ3v) is 3.02. The van der Waals surface area contributed by atoms with Gasteiger partial charge in [-0.3, -0.25) is 9.59 Å². The van der Waals surface area contributed by atoms with E-state index in [4.69, 9.17) is 9.84 Å². The topological polar surface area (TPSA) is 70.1 Å². The van der Waals surface area contributed by atoms with Gasteiger partial charge in [0, 0.05) is 26.2 Å². The van der Waals surface area contributed by atoms with Crippen molar-refractivity contribution in [3.05, 3.63) is 24.3 Å². The molecule has 0 unspecified atom stereocenters. The molecule has 0 radical (unpaired) electrons. The van der Waals surface area contributed by atoms with Gasteiger partial charge in [0.2, 0.25) is 6.41 Å². The molecular weight excluding hydrogens is 248 g/mol. The molecule has 1 aliphatic heterocycles. The number of ether oxygens (including phenoxy) is 1. The molecule has 1 fully saturated rings. The number of nitrogens with zero attached hydrogens (tertiary/aromatic N) is 2. The Balaban J connectivity index is 1.78. The third kappa shape index (κ3) is 3.61. The Morgan fingerprint density at radius 1 is 1.21 bits per heavy atom. The Kier molecular flexibility index (Phi) is 4.22. The lowest BCUT2D eigenvalue weighted by Gasteiger charge is -2.32. The zero-order valence-electron chi connectivity index (χ0n) is 10.5. The van der Waals surface area contributed by atoms with Crippen molar-refractivity contribution in [1.82, 2.24) is 9.80 Å². The molecule has 1 saturated heterocycles. The van der Waals surface area contributed by atoms with Crippen LogP contribution in [0.2, 0.25) is 0 Å². The number of phenols is 1. The fourth-order valence-electron chi connectivity index (χ4n) is 1.86. The summed E-state index contributed by atoms with van der Waals surface area (Å²) in [5, 5.41) is 9.12. The van der Waals surface area contributed by atoms with Crippen LogP contribution in [0.4, 0.5) is 0 Å². The molecule has 1 aromatic carbocycles. The highest BCUT2D eigenvalue weighted by molar-refractivity contribution is 5.78. The summed E-state index contributed by atoms with van der Waals surface area (Å²) in [6.45, 7) is 2.17. The molecule has 1 heterocycles. The van der Waals surface area contributed by atoms with Crippen LogP contribution in [0.5, 0.6) is 11.5 Å². The Bertz CT molecular complexity index is 438. The van der Waals surface area contributed by atoms with Crippen LogP contribution in [-0.4, -0.2) is 60.0 Å². The molecule has 0 aromatic heterocycles. The van der Waals surface area contributed by atoms with Gasteiger partial charge in [-0.05, 0) is 24.3 Å². The largest absolute Gasteiger partial charge is 0.508 e. The molecule has 2 amide bonds. The molecule has 0 atom stereocenters. The van der Waals surface area contributed by atoms with Crippen LogP contribution < -0.4 is 4.74 Å². The zero-order valence-corrected chi connectivity index (χ0v) is 10.5. The second-order valence-corrected chi connectivity index (χ2v) is 4.30. The van der Waals surface area contributed by atoms with Crippen molar-refractivity contribution in [1.29, 1.82) is 0 Å². The van der Waals surface area contributed by atoms with E-state index < -0.39 is 0 Å². The maximum absolute atomic E-state index is 11.9. The molecule has 0 saturated carbocycles. The molecular formula is C13H16N2O4. The normalized spacial score (nSPS) is 15.2. The van der Waals surface area contributed by atoms with Crippen molar-refractivity contribution in [2.45, 2.75) is 0 Å². The van der Waals surface area contributed by atoms with Crippen molar-refractivity contribution in [3.63, 3.8) is 0 Å². The van der Waals surface area contributed by atoms with Gasteiger partial charge in [0.25, 0.3) is 5.91 Å². The molecule has 1 aromatic rings. The van der Waals surface area contributed by atoms with E-state index in [0.717, 1.165) is 6.41 Å². The number of carbonyl (C=O) groups is 2. The summed E-state index contributed by atoms with van der Waals surface area (Å²) < 4.78 is 5.34. The first-order valence-corrected chi connectivity index (χ1v) is 6.08. The number of amides is 2. The lowest BCUT2D eigenvalue weighted by molar-refractivity contribution is -0.137. The van der Waals surface area contributed by atoms with Crippen LogP contribution in [0.1, 0.15) is 0 Å². The lowest BCUT2D eigenvalue weighted by atomic mass is 10.3. The van der Waals surface area contributed by atoms with Crippen LogP contribution in [0.15, 0.2) is 24.3 Å². The number of piperazine rings is 1. The molecule has 6 heteroatoms. The predicted molar refractivity (Wildman–Crippen MR) is 67.8 cm³/mol. The minimum Gasteiger partial charge on any atom is -0.508 e. The van der Waals surface area contributed by atoms with Crippen molar-refractivity contribution in [2.75, 3.05) is 32.8 Å². The summed E-state index contributed by atoms with van der Waals surface area (Å²) in [7, 11) is 0. The van der Waals surface area contributed by atoms with Crippen molar-refractivity contribution >= 4 is 12.3 Å². The number of carbonyl (C=O) groups excluding carboxylic acids is 2. The fraction of sp³-hybridized carbons (Fsp3) is 0.385. The van der Waals surface area contributed by atoms with Gasteiger partial charge in [-0.2, -0.15) is 0 Å². The van der Waals surface area contributed by atoms with Crippen molar-refractivity contribution < 1.29 is 19.4 Å². The van der Waals surface area contributed by atoms with Gasteiger partial charge >= 0.3 is 0 Å². The van der Waals surface area contributed by atoms with Gasteiger partial charge in [-0.1, -0.05) is 0 Å². The summed E-state index contributed by atoms with van der Waals surface area (Å²) in [4.78, 5) is 25.8. The molecule has 0 spiro atoms. The van der Waals surface area contributed by atoms with Crippen LogP contribution >= 0.6 is 0 Å². The van der Waals surface area contributed by atoms with Crippen molar-refractivity contribution in [3.8, 4) is 11.5 Å². The molecule has 102 valence electrons. The highest BCUT2D eigenvalue weighted by atomic mass is 16.5. The summed E-state index contributed by atoms with van der Waals surface area (Å²) in [5.41, 5.74) is 0. The maximum atomic E-state index is 11.9. The SMILES string of the molecule is O=CN1CCN(C(=O)COc2ccc(O)cc2)CC1. The monoisotopic (exact) mass is 264 g/mol. The standard InChI is InChI=1S/C13H16N2O4/c16-10-14-5-7-15(8-6-14)13(18)9-19-12-3-1-11(17)2-4-12/h1-4,10,17H,5-9H2. The molecule has 1 aliphatic rings. The molecule has 0 aliphatic carbocycles. The summed E-state index contributed by atoms with van der Waals surface area (Å²) in [6, 6.07) is 6.21. The number of hydrogen-bond donors (Lipinski definition) is 1. The Morgan fingerprint density at radius 3 is 2.42 bits per heavy atom. The van der Waals surface area contributed by atoms with Gasteiger partial charge in [-0.15, -0.1) is 0 Å². The average molecular weight is 264 g/mol. The number of benzene rings is 1. The fourth-order valence-corrected chi connectivity index (χ4v) is 1.86. The van der Waals surface area contributed by atoms with Crippen LogP contribution in [0.25, 0.3) is 0 Å². The van der Waals surface area contributed by atoms with Gasteiger partial charge in [0.15, 0.2) is 6.61 Å². The smallest absolute Gasteiger partial charge is 0.260 e. The van der Waals surface area contributed by atoms with Crippen LogP contribution in [-0.2, 0) is 9.59 Å². The van der Waals surface area contributed by atoms with Crippen molar-refractivity contribution in [2.24, 2.45) is 0 Å². The summed E-state index contributed by atoms with van der Waals surface area (Å²) in [6.07, 6.45) is 0.800. The Hall–Kier alpha value is -2.24. The average Bonchev–Trinajstić information content (AvgIpc) is 2.46. The predicted octanol–water partition coefficient (Wildman–Crippen LogP) is 0.0716. The van der Waals surface area contributed by atoms with E-state index in [1.807, 2.05) is 0 Å². The van der Waals surface area contributed by atoms with E-state index in [0.29, 0.717) is 31.9 Å². The van der Waals surface area contributed by atoms with E-state index in [-0.39, 0.29) is 18.3 Å². The van der Waals surface area contributed by atoms with Gasteiger partial charge in [0.05, 0.1) is 0 Å². The number of phenolic OH excluding ortho intramolecular Hbond substituents is 1. The molecule has 6 nitrogen and oxygen atoms in total. The van der Waals surface area contributed by atoms with E-state index in [2.05, 4.69) is 0 Å². The number of aromatic hydroxyl groups is 1. The minimum atomic E-state index is -0.0985. The highest BCUT2D eigenvalue weighted by Crippen LogP contribution is 2.15.